The zero-order valence-electron chi connectivity index (χ0n) is 8.70. The van der Waals surface area contributed by atoms with Gasteiger partial charge in [-0.05, 0) is 20.8 Å². The van der Waals surface area contributed by atoms with Crippen LogP contribution >= 0.6 is 0 Å². The lowest BCUT2D eigenvalue weighted by molar-refractivity contribution is -0.153. The molecule has 0 fully saturated rings. The maximum atomic E-state index is 10.7. The smallest absolute Gasteiger partial charge is 0.373 e. The molecule has 0 saturated carbocycles. The van der Waals surface area contributed by atoms with Crippen molar-refractivity contribution < 1.29 is 35.8 Å². The van der Waals surface area contributed by atoms with Crippen molar-refractivity contribution in [3.63, 3.8) is 0 Å². The Bertz CT molecular complexity index is 329. The van der Waals surface area contributed by atoms with Crippen molar-refractivity contribution >= 4 is 16.1 Å². The summed E-state index contributed by atoms with van der Waals surface area (Å²) in [6, 6.07) is 0. The monoisotopic (exact) mass is 267 g/mol. The first kappa shape index (κ1) is 17.5. The highest BCUT2D eigenvalue weighted by Gasteiger charge is 2.44. The van der Waals surface area contributed by atoms with Gasteiger partial charge in [-0.3, -0.25) is 4.55 Å². The van der Waals surface area contributed by atoms with Crippen molar-refractivity contribution in [3.8, 4) is 0 Å². The van der Waals surface area contributed by atoms with Gasteiger partial charge in [-0.2, -0.15) is 27.5 Å². The number of hydrogen-bond donors (Lipinski definition) is 2. The molecule has 0 atom stereocenters. The molecule has 0 aromatic heterocycles. The Labute approximate surface area is 90.3 Å². The van der Waals surface area contributed by atoms with Crippen molar-refractivity contribution in [3.05, 3.63) is 0 Å². The van der Waals surface area contributed by atoms with Crippen LogP contribution in [0, 0.1) is 5.41 Å². The highest BCUT2D eigenvalue weighted by Crippen LogP contribution is 2.20. The third kappa shape index (κ3) is 7.43. The molecular formula is C6H12F3NO5S. The van der Waals surface area contributed by atoms with Crippen LogP contribution in [0.3, 0.4) is 0 Å². The van der Waals surface area contributed by atoms with Gasteiger partial charge in [-0.25, -0.2) is 4.79 Å². The molecule has 0 aliphatic carbocycles. The summed E-state index contributed by atoms with van der Waals surface area (Å²) in [6.07, 6.45) is 0. The molecule has 0 aliphatic rings. The molecule has 6 nitrogen and oxygen atoms in total. The second-order valence-corrected chi connectivity index (χ2v) is 4.99. The summed E-state index contributed by atoms with van der Waals surface area (Å²) in [4.78, 5) is 14.5. The van der Waals surface area contributed by atoms with Crippen LogP contribution in [0.1, 0.15) is 20.8 Å². The molecule has 0 aliphatic heterocycles. The van der Waals surface area contributed by atoms with E-state index in [0.717, 1.165) is 0 Å². The van der Waals surface area contributed by atoms with Gasteiger partial charge in [0.1, 0.15) is 0 Å². The van der Waals surface area contributed by atoms with Crippen LogP contribution in [0.2, 0.25) is 0 Å². The zero-order chi connectivity index (χ0) is 13.8. The molecule has 0 aromatic carbocycles. The molecule has 0 amide bonds. The first-order valence-corrected chi connectivity index (χ1v) is 5.12. The number of hydrogen-bond acceptors (Lipinski definition) is 5. The minimum atomic E-state index is -5.84. The fourth-order valence-corrected chi connectivity index (χ4v) is 0.177. The van der Waals surface area contributed by atoms with Crippen LogP contribution in [0.15, 0.2) is 0 Å². The molecule has 0 aromatic rings. The fraction of sp³-hybridized carbons (Fsp3) is 0.833. The number of carbonyl (C=O) groups is 1. The third-order valence-corrected chi connectivity index (χ3v) is 1.60. The van der Waals surface area contributed by atoms with Gasteiger partial charge in [0.25, 0.3) is 0 Å². The van der Waals surface area contributed by atoms with E-state index in [1.165, 1.54) is 0 Å². The van der Waals surface area contributed by atoms with E-state index in [4.69, 9.17) is 13.0 Å². The zero-order valence-corrected chi connectivity index (χ0v) is 9.52. The van der Waals surface area contributed by atoms with Crippen LogP contribution in [0.25, 0.3) is 0 Å². The maximum Gasteiger partial charge on any atom is 0.522 e. The molecule has 98 valence electrons. The summed E-state index contributed by atoms with van der Waals surface area (Å²) in [7, 11) is -5.84. The van der Waals surface area contributed by atoms with Gasteiger partial charge in [0.2, 0.25) is 0 Å². The highest BCUT2D eigenvalue weighted by molar-refractivity contribution is 7.86. The van der Waals surface area contributed by atoms with E-state index in [0.29, 0.717) is 0 Å². The minimum Gasteiger partial charge on any atom is -0.373 e. The fourth-order valence-electron chi connectivity index (χ4n) is 0.177. The SMILES string of the molecule is CC(C)(C)C(=O)ON.O=S(=O)(O)C(F)(F)F. The van der Waals surface area contributed by atoms with Gasteiger partial charge < -0.3 is 4.84 Å². The summed E-state index contributed by atoms with van der Waals surface area (Å²) in [5, 5.41) is 0. The Morgan fingerprint density at radius 2 is 1.50 bits per heavy atom. The normalized spacial score (nSPS) is 12.5. The van der Waals surface area contributed by atoms with Crippen LogP contribution in [-0.2, 0) is 19.8 Å². The number of carbonyl (C=O) groups excluding carboxylic acids is 1. The second kappa shape index (κ2) is 5.46. The van der Waals surface area contributed by atoms with Gasteiger partial charge >= 0.3 is 21.6 Å². The van der Waals surface area contributed by atoms with Crippen molar-refractivity contribution in [1.82, 2.24) is 0 Å². The van der Waals surface area contributed by atoms with E-state index in [1.54, 1.807) is 20.8 Å². The molecule has 0 heterocycles. The van der Waals surface area contributed by atoms with E-state index in [-0.39, 0.29) is 0 Å². The highest BCUT2D eigenvalue weighted by atomic mass is 32.2. The van der Waals surface area contributed by atoms with Gasteiger partial charge in [-0.15, -0.1) is 0 Å². The minimum absolute atomic E-state index is 0.391. The third-order valence-electron chi connectivity index (χ3n) is 1.01. The molecule has 0 saturated heterocycles. The van der Waals surface area contributed by atoms with Gasteiger partial charge in [0, 0.05) is 0 Å². The van der Waals surface area contributed by atoms with Crippen LogP contribution in [-0.4, -0.2) is 24.4 Å². The van der Waals surface area contributed by atoms with Crippen LogP contribution < -0.4 is 5.90 Å². The van der Waals surface area contributed by atoms with Gasteiger partial charge in [0.15, 0.2) is 0 Å². The molecule has 10 heteroatoms. The second-order valence-electron chi connectivity index (χ2n) is 3.58. The lowest BCUT2D eigenvalue weighted by atomic mass is 9.98. The molecule has 16 heavy (non-hydrogen) atoms. The van der Waals surface area contributed by atoms with Crippen molar-refractivity contribution in [1.29, 1.82) is 0 Å². The van der Waals surface area contributed by atoms with Crippen molar-refractivity contribution in [2.75, 3.05) is 0 Å². The molecule has 0 spiro atoms. The number of halogens is 3. The molecule has 3 N–H and O–H groups in total. The molecule has 0 radical (unpaired) electrons. The van der Waals surface area contributed by atoms with Crippen molar-refractivity contribution in [2.24, 2.45) is 11.3 Å². The van der Waals surface area contributed by atoms with Gasteiger partial charge in [0.05, 0.1) is 5.41 Å². The quantitative estimate of drug-likeness (QED) is 0.382. The summed E-state index contributed by atoms with van der Waals surface area (Å²) in [5.74, 6) is 4.22. The topological polar surface area (TPSA) is 107 Å². The Morgan fingerprint density at radius 3 is 1.50 bits per heavy atom. The van der Waals surface area contributed by atoms with E-state index in [2.05, 4.69) is 10.7 Å². The summed E-state index contributed by atoms with van der Waals surface area (Å²) in [5.41, 5.74) is -6.01. The Morgan fingerprint density at radius 1 is 1.25 bits per heavy atom. The number of rotatable bonds is 0. The van der Waals surface area contributed by atoms with Crippen molar-refractivity contribution in [2.45, 2.75) is 26.3 Å². The molecule has 0 unspecified atom stereocenters. The molecule has 0 bridgehead atoms. The largest absolute Gasteiger partial charge is 0.522 e. The van der Waals surface area contributed by atoms with Crippen LogP contribution in [0.5, 0.6) is 0 Å². The summed E-state index contributed by atoms with van der Waals surface area (Å²) in [6.45, 7) is 5.21. The predicted molar refractivity (Wildman–Crippen MR) is 47.3 cm³/mol. The lowest BCUT2D eigenvalue weighted by Crippen LogP contribution is -2.25. The van der Waals surface area contributed by atoms with E-state index < -0.39 is 27.0 Å². The number of alkyl halides is 3. The Hall–Kier alpha value is -0.870. The van der Waals surface area contributed by atoms with E-state index in [9.17, 15) is 18.0 Å². The van der Waals surface area contributed by atoms with E-state index >= 15 is 0 Å². The standard InChI is InChI=1S/C5H11NO2.CHF3O3S/c1-5(2,3)4(7)8-6;2-1(3,4)8(5,6)7/h6H2,1-3H3;(H,5,6,7). The first-order valence-electron chi connectivity index (χ1n) is 3.68. The molecule has 0 rings (SSSR count). The summed E-state index contributed by atoms with van der Waals surface area (Å²) >= 11 is 0. The average Bonchev–Trinajstić information content (AvgIpc) is 1.98. The first-order chi connectivity index (χ1) is 6.73. The van der Waals surface area contributed by atoms with Crippen LogP contribution in [0.4, 0.5) is 13.2 Å². The predicted octanol–water partition coefficient (Wildman–Crippen LogP) is 0.843. The summed E-state index contributed by atoms with van der Waals surface area (Å²) < 4.78 is 57.5. The Kier molecular flexibility index (Phi) is 5.98. The average molecular weight is 267 g/mol. The lowest BCUT2D eigenvalue weighted by Gasteiger charge is -2.12. The Balaban J connectivity index is 0. The van der Waals surface area contributed by atoms with Gasteiger partial charge in [-0.1, -0.05) is 0 Å². The maximum absolute atomic E-state index is 10.7. The van der Waals surface area contributed by atoms with E-state index in [1.807, 2.05) is 0 Å². The molecular weight excluding hydrogens is 255 g/mol. The number of nitrogens with two attached hydrogens (primary N) is 1.